The fraction of sp³-hybridized carbons (Fsp3) is 0.462. The Morgan fingerprint density at radius 2 is 2.00 bits per heavy atom. The molecule has 16 heavy (non-hydrogen) atoms. The van der Waals surface area contributed by atoms with Crippen molar-refractivity contribution in [3.05, 3.63) is 30.0 Å². The number of fused-ring (bicyclic) bond motifs is 1. The van der Waals surface area contributed by atoms with Crippen molar-refractivity contribution in [2.45, 2.75) is 20.3 Å². The van der Waals surface area contributed by atoms with E-state index in [4.69, 9.17) is 11.6 Å². The first-order valence-electron chi connectivity index (χ1n) is 5.50. The average molecular weight is 237 g/mol. The zero-order chi connectivity index (χ0) is 11.8. The zero-order valence-electron chi connectivity index (χ0n) is 10.00. The highest BCUT2D eigenvalue weighted by molar-refractivity contribution is 6.18. The van der Waals surface area contributed by atoms with Gasteiger partial charge in [0, 0.05) is 18.3 Å². The van der Waals surface area contributed by atoms with E-state index in [0.29, 0.717) is 5.88 Å². The van der Waals surface area contributed by atoms with Gasteiger partial charge in [0.1, 0.15) is 0 Å². The molecule has 0 spiro atoms. The predicted molar refractivity (Wildman–Crippen MR) is 68.9 cm³/mol. The van der Waals surface area contributed by atoms with E-state index < -0.39 is 0 Å². The van der Waals surface area contributed by atoms with Crippen molar-refractivity contribution in [3.8, 4) is 0 Å². The highest BCUT2D eigenvalue weighted by Gasteiger charge is 2.20. The van der Waals surface area contributed by atoms with Gasteiger partial charge < -0.3 is 0 Å². The lowest BCUT2D eigenvalue weighted by Crippen LogP contribution is -2.17. The molecule has 0 amide bonds. The molecule has 3 heteroatoms. The second kappa shape index (κ2) is 4.10. The number of aryl methyl sites for hydroxylation is 1. The maximum absolute atomic E-state index is 5.97. The molecule has 1 aromatic carbocycles. The van der Waals surface area contributed by atoms with Gasteiger partial charge in [-0.1, -0.05) is 32.0 Å². The number of rotatable bonds is 3. The molecule has 0 aliphatic rings. The second-order valence-corrected chi connectivity index (χ2v) is 5.33. The van der Waals surface area contributed by atoms with Crippen LogP contribution in [-0.4, -0.2) is 15.7 Å². The molecule has 1 aromatic heterocycles. The van der Waals surface area contributed by atoms with Crippen LogP contribution in [0.5, 0.6) is 0 Å². The maximum Gasteiger partial charge on any atom is 0.0709 e. The molecule has 2 aromatic rings. The van der Waals surface area contributed by atoms with Gasteiger partial charge in [0.2, 0.25) is 0 Å². The Hall–Kier alpha value is -1.02. The first-order chi connectivity index (χ1) is 7.53. The first kappa shape index (κ1) is 11.5. The Labute approximate surface area is 101 Å². The summed E-state index contributed by atoms with van der Waals surface area (Å²) in [6.45, 7) is 4.34. The minimum atomic E-state index is 0.0959. The van der Waals surface area contributed by atoms with Crippen LogP contribution in [-0.2, 0) is 13.5 Å². The number of alkyl halides is 1. The zero-order valence-corrected chi connectivity index (χ0v) is 10.8. The van der Waals surface area contributed by atoms with E-state index in [1.165, 1.54) is 10.9 Å². The Balaban J connectivity index is 2.46. The molecule has 0 saturated heterocycles. The van der Waals surface area contributed by atoms with Gasteiger partial charge in [-0.15, -0.1) is 11.6 Å². The Morgan fingerprint density at radius 3 is 2.69 bits per heavy atom. The van der Waals surface area contributed by atoms with Gasteiger partial charge in [-0.2, -0.15) is 5.10 Å². The van der Waals surface area contributed by atoms with Crippen LogP contribution in [0.3, 0.4) is 0 Å². The third-order valence-corrected chi connectivity index (χ3v) is 3.57. The summed E-state index contributed by atoms with van der Waals surface area (Å²) in [6.07, 6.45) is 0.915. The Morgan fingerprint density at radius 1 is 1.31 bits per heavy atom. The van der Waals surface area contributed by atoms with E-state index in [1.807, 2.05) is 17.8 Å². The fourth-order valence-corrected chi connectivity index (χ4v) is 2.01. The largest absolute Gasteiger partial charge is 0.268 e. The van der Waals surface area contributed by atoms with E-state index in [2.05, 4.69) is 37.1 Å². The van der Waals surface area contributed by atoms with Gasteiger partial charge >= 0.3 is 0 Å². The van der Waals surface area contributed by atoms with Gasteiger partial charge in [-0.25, -0.2) is 0 Å². The second-order valence-electron chi connectivity index (χ2n) is 5.06. The van der Waals surface area contributed by atoms with Crippen molar-refractivity contribution in [1.29, 1.82) is 0 Å². The standard InChI is InChI=1S/C13H17ClN2/c1-13(2,9-14)8-11-10-6-4-5-7-12(10)16(3)15-11/h4-7H,8-9H2,1-3H3. The van der Waals surface area contributed by atoms with Crippen LogP contribution in [0.15, 0.2) is 24.3 Å². The number of hydrogen-bond acceptors (Lipinski definition) is 1. The fourth-order valence-electron chi connectivity index (χ4n) is 1.92. The van der Waals surface area contributed by atoms with E-state index in [1.54, 1.807) is 0 Å². The number of hydrogen-bond donors (Lipinski definition) is 0. The molecular formula is C13H17ClN2. The third-order valence-electron chi connectivity index (χ3n) is 2.84. The van der Waals surface area contributed by atoms with Crippen molar-refractivity contribution >= 4 is 22.5 Å². The van der Waals surface area contributed by atoms with Crippen molar-refractivity contribution in [2.24, 2.45) is 12.5 Å². The molecule has 1 heterocycles. The van der Waals surface area contributed by atoms with Gasteiger partial charge in [0.25, 0.3) is 0 Å². The molecule has 0 unspecified atom stereocenters. The summed E-state index contributed by atoms with van der Waals surface area (Å²) >= 11 is 5.97. The molecule has 0 fully saturated rings. The van der Waals surface area contributed by atoms with Crippen LogP contribution in [0.1, 0.15) is 19.5 Å². The summed E-state index contributed by atoms with van der Waals surface area (Å²) in [5, 5.41) is 5.82. The summed E-state index contributed by atoms with van der Waals surface area (Å²) in [6, 6.07) is 8.32. The van der Waals surface area contributed by atoms with Crippen LogP contribution in [0.4, 0.5) is 0 Å². The maximum atomic E-state index is 5.97. The van der Waals surface area contributed by atoms with Crippen LogP contribution in [0.25, 0.3) is 10.9 Å². The molecule has 0 N–H and O–H groups in total. The van der Waals surface area contributed by atoms with Crippen molar-refractivity contribution in [3.63, 3.8) is 0 Å². The molecule has 0 bridgehead atoms. The highest BCUT2D eigenvalue weighted by Crippen LogP contribution is 2.27. The predicted octanol–water partition coefficient (Wildman–Crippen LogP) is 3.38. The minimum absolute atomic E-state index is 0.0959. The summed E-state index contributed by atoms with van der Waals surface area (Å²) in [4.78, 5) is 0. The quantitative estimate of drug-likeness (QED) is 0.747. The van der Waals surface area contributed by atoms with E-state index in [0.717, 1.165) is 12.1 Å². The first-order valence-corrected chi connectivity index (χ1v) is 6.03. The van der Waals surface area contributed by atoms with Crippen molar-refractivity contribution in [2.75, 3.05) is 5.88 Å². The lowest BCUT2D eigenvalue weighted by atomic mass is 9.89. The number of aromatic nitrogens is 2. The van der Waals surface area contributed by atoms with E-state index >= 15 is 0 Å². The molecule has 2 nitrogen and oxygen atoms in total. The van der Waals surface area contributed by atoms with Gasteiger partial charge in [0.15, 0.2) is 0 Å². The van der Waals surface area contributed by atoms with Gasteiger partial charge in [-0.3, -0.25) is 4.68 Å². The molecule has 0 saturated carbocycles. The molecule has 0 radical (unpaired) electrons. The summed E-state index contributed by atoms with van der Waals surface area (Å²) < 4.78 is 1.94. The number of para-hydroxylation sites is 1. The minimum Gasteiger partial charge on any atom is -0.268 e. The van der Waals surface area contributed by atoms with Crippen molar-refractivity contribution in [1.82, 2.24) is 9.78 Å². The molecule has 0 atom stereocenters. The number of halogens is 1. The molecular weight excluding hydrogens is 220 g/mol. The number of nitrogens with zero attached hydrogens (tertiary/aromatic N) is 2. The third kappa shape index (κ3) is 2.07. The monoisotopic (exact) mass is 236 g/mol. The van der Waals surface area contributed by atoms with Crippen LogP contribution in [0, 0.1) is 5.41 Å². The number of benzene rings is 1. The molecule has 0 aliphatic carbocycles. The lowest BCUT2D eigenvalue weighted by Gasteiger charge is -2.19. The van der Waals surface area contributed by atoms with Gasteiger partial charge in [-0.05, 0) is 17.9 Å². The molecule has 2 rings (SSSR count). The highest BCUT2D eigenvalue weighted by atomic mass is 35.5. The average Bonchev–Trinajstić information content (AvgIpc) is 2.56. The molecule has 0 aliphatic heterocycles. The van der Waals surface area contributed by atoms with E-state index in [9.17, 15) is 0 Å². The normalized spacial score (nSPS) is 12.2. The SMILES string of the molecule is Cn1nc(CC(C)(C)CCl)c2ccccc21. The van der Waals surface area contributed by atoms with Crippen LogP contribution < -0.4 is 0 Å². The smallest absolute Gasteiger partial charge is 0.0709 e. The van der Waals surface area contributed by atoms with Crippen LogP contribution >= 0.6 is 11.6 Å². The summed E-state index contributed by atoms with van der Waals surface area (Å²) in [5.74, 6) is 0.651. The van der Waals surface area contributed by atoms with E-state index in [-0.39, 0.29) is 5.41 Å². The topological polar surface area (TPSA) is 17.8 Å². The summed E-state index contributed by atoms with van der Waals surface area (Å²) in [5.41, 5.74) is 2.42. The molecule has 86 valence electrons. The van der Waals surface area contributed by atoms with Gasteiger partial charge in [0.05, 0.1) is 11.2 Å². The Kier molecular flexibility index (Phi) is 2.94. The lowest BCUT2D eigenvalue weighted by molar-refractivity contribution is 0.412. The summed E-state index contributed by atoms with van der Waals surface area (Å²) in [7, 11) is 1.99. The van der Waals surface area contributed by atoms with Crippen LogP contribution in [0.2, 0.25) is 0 Å². The van der Waals surface area contributed by atoms with Crippen molar-refractivity contribution < 1.29 is 0 Å². The Bertz CT molecular complexity index is 500.